The number of hydrogen-bond acceptors (Lipinski definition) is 3. The van der Waals surface area contributed by atoms with Crippen LogP contribution in [0.25, 0.3) is 0 Å². The summed E-state index contributed by atoms with van der Waals surface area (Å²) in [6, 6.07) is 5.75. The summed E-state index contributed by atoms with van der Waals surface area (Å²) in [5.74, 6) is -0.176. The molecule has 0 saturated carbocycles. The Balaban J connectivity index is 0.00000220. The van der Waals surface area contributed by atoms with Crippen molar-refractivity contribution in [1.29, 1.82) is 0 Å². The molecule has 0 bridgehead atoms. The Hall–Kier alpha value is -0.950. The fraction of sp³-hybridized carbons (Fsp3) is 0.500. The first-order valence-corrected chi connectivity index (χ1v) is 6.68. The molecule has 1 aliphatic rings. The van der Waals surface area contributed by atoms with E-state index in [1.54, 1.807) is 29.2 Å². The quantitative estimate of drug-likeness (QED) is 0.872. The minimum Gasteiger partial charge on any atom is -0.326 e. The fourth-order valence-electron chi connectivity index (χ4n) is 2.44. The van der Waals surface area contributed by atoms with Gasteiger partial charge in [-0.1, -0.05) is 12.1 Å². The molecule has 2 N–H and O–H groups in total. The predicted octanol–water partition coefficient (Wildman–Crippen LogP) is 2.70. The van der Waals surface area contributed by atoms with Gasteiger partial charge < -0.3 is 10.6 Å². The van der Waals surface area contributed by atoms with Gasteiger partial charge in [-0.3, -0.25) is 9.69 Å². The van der Waals surface area contributed by atoms with E-state index >= 15 is 0 Å². The summed E-state index contributed by atoms with van der Waals surface area (Å²) in [4.78, 5) is 12.7. The van der Waals surface area contributed by atoms with E-state index in [4.69, 9.17) is 0 Å². The van der Waals surface area contributed by atoms with Crippen LogP contribution in [0.3, 0.4) is 0 Å². The third-order valence-corrected chi connectivity index (χ3v) is 3.36. The number of rotatable bonds is 4. The molecular formula is C14H21Cl2F2N3O. The van der Waals surface area contributed by atoms with Crippen LogP contribution in [0.15, 0.2) is 24.3 Å². The van der Waals surface area contributed by atoms with Gasteiger partial charge in [0.1, 0.15) is 0 Å². The maximum Gasteiger partial charge on any atom is 0.258 e. The van der Waals surface area contributed by atoms with Gasteiger partial charge in [-0.2, -0.15) is 0 Å². The van der Waals surface area contributed by atoms with Crippen LogP contribution in [0.2, 0.25) is 0 Å². The lowest BCUT2D eigenvalue weighted by atomic mass is 10.0. The van der Waals surface area contributed by atoms with Crippen LogP contribution in [0, 0.1) is 0 Å². The first kappa shape index (κ1) is 21.0. The number of nitrogens with zero attached hydrogens (tertiary/aromatic N) is 1. The SMILES string of the molecule is CC(=O)Nc1ccc([C@H](C(F)F)N2CCNCC2)cc1.Cl.Cl. The molecule has 126 valence electrons. The van der Waals surface area contributed by atoms with Gasteiger partial charge in [0.2, 0.25) is 5.91 Å². The Morgan fingerprint density at radius 3 is 2.18 bits per heavy atom. The van der Waals surface area contributed by atoms with Crippen molar-refractivity contribution >= 4 is 36.4 Å². The second-order valence-corrected chi connectivity index (χ2v) is 4.87. The van der Waals surface area contributed by atoms with Gasteiger partial charge in [0.15, 0.2) is 0 Å². The lowest BCUT2D eigenvalue weighted by Crippen LogP contribution is -2.46. The maximum absolute atomic E-state index is 13.3. The Labute approximate surface area is 141 Å². The average molecular weight is 356 g/mol. The van der Waals surface area contributed by atoms with Crippen LogP contribution in [-0.4, -0.2) is 43.4 Å². The van der Waals surface area contributed by atoms with Crippen LogP contribution in [0.1, 0.15) is 18.5 Å². The smallest absolute Gasteiger partial charge is 0.258 e. The van der Waals surface area contributed by atoms with E-state index in [1.165, 1.54) is 6.92 Å². The molecule has 1 atom stereocenters. The zero-order chi connectivity index (χ0) is 14.5. The summed E-state index contributed by atoms with van der Waals surface area (Å²) in [6.45, 7) is 4.10. The topological polar surface area (TPSA) is 44.4 Å². The lowest BCUT2D eigenvalue weighted by molar-refractivity contribution is -0.114. The molecule has 22 heavy (non-hydrogen) atoms. The number of alkyl halides is 2. The minimum absolute atomic E-state index is 0. The molecule has 0 aromatic heterocycles. The molecule has 8 heteroatoms. The normalized spacial score (nSPS) is 16.4. The highest BCUT2D eigenvalue weighted by molar-refractivity contribution is 5.88. The van der Waals surface area contributed by atoms with Gasteiger partial charge in [0.25, 0.3) is 6.43 Å². The first-order valence-electron chi connectivity index (χ1n) is 6.68. The van der Waals surface area contributed by atoms with E-state index in [2.05, 4.69) is 10.6 Å². The molecule has 0 radical (unpaired) electrons. The van der Waals surface area contributed by atoms with Crippen molar-refractivity contribution in [3.63, 3.8) is 0 Å². The number of carbonyl (C=O) groups is 1. The number of carbonyl (C=O) groups excluding carboxylic acids is 1. The Bertz CT molecular complexity index is 454. The van der Waals surface area contributed by atoms with E-state index in [0.29, 0.717) is 24.3 Å². The van der Waals surface area contributed by atoms with Crippen LogP contribution in [0.4, 0.5) is 14.5 Å². The Morgan fingerprint density at radius 1 is 1.18 bits per heavy atom. The van der Waals surface area contributed by atoms with E-state index in [1.807, 2.05) is 0 Å². The molecule has 0 spiro atoms. The summed E-state index contributed by atoms with van der Waals surface area (Å²) in [6.07, 6.45) is -2.43. The number of benzene rings is 1. The van der Waals surface area contributed by atoms with Crippen molar-refractivity contribution in [2.45, 2.75) is 19.4 Å². The summed E-state index contributed by atoms with van der Waals surface area (Å²) in [7, 11) is 0. The molecule has 1 amide bonds. The second-order valence-electron chi connectivity index (χ2n) is 4.87. The molecule has 1 aromatic rings. The standard InChI is InChI=1S/C14H19F2N3O.2ClH/c1-10(20)18-12-4-2-11(3-5-12)13(14(15)16)19-8-6-17-7-9-19;;/h2-5,13-14,17H,6-9H2,1H3,(H,18,20);2*1H/t13-;;/m1../s1. The van der Waals surface area contributed by atoms with Crippen LogP contribution in [-0.2, 0) is 4.79 Å². The average Bonchev–Trinajstić information content (AvgIpc) is 2.41. The molecule has 1 aliphatic heterocycles. The van der Waals surface area contributed by atoms with Crippen molar-refractivity contribution < 1.29 is 13.6 Å². The van der Waals surface area contributed by atoms with Crippen molar-refractivity contribution in [2.75, 3.05) is 31.5 Å². The van der Waals surface area contributed by atoms with E-state index in [9.17, 15) is 13.6 Å². The molecule has 1 saturated heterocycles. The number of amides is 1. The van der Waals surface area contributed by atoms with E-state index < -0.39 is 12.5 Å². The molecule has 4 nitrogen and oxygen atoms in total. The number of halogens is 4. The van der Waals surface area contributed by atoms with Gasteiger partial charge in [-0.15, -0.1) is 24.8 Å². The van der Waals surface area contributed by atoms with Gasteiger partial charge in [-0.25, -0.2) is 8.78 Å². The zero-order valence-electron chi connectivity index (χ0n) is 12.2. The lowest BCUT2D eigenvalue weighted by Gasteiger charge is -2.34. The predicted molar refractivity (Wildman–Crippen MR) is 88.4 cm³/mol. The highest BCUT2D eigenvalue weighted by atomic mass is 35.5. The highest BCUT2D eigenvalue weighted by Gasteiger charge is 2.29. The third-order valence-electron chi connectivity index (χ3n) is 3.36. The Morgan fingerprint density at radius 2 is 1.73 bits per heavy atom. The summed E-state index contributed by atoms with van der Waals surface area (Å²) in [5.41, 5.74) is 1.20. The fourth-order valence-corrected chi connectivity index (χ4v) is 2.44. The molecule has 1 heterocycles. The third kappa shape index (κ3) is 5.68. The zero-order valence-corrected chi connectivity index (χ0v) is 13.9. The molecule has 1 aromatic carbocycles. The first-order chi connectivity index (χ1) is 9.58. The molecule has 0 aliphatic carbocycles. The van der Waals surface area contributed by atoms with Crippen molar-refractivity contribution in [3.05, 3.63) is 29.8 Å². The molecule has 2 rings (SSSR count). The van der Waals surface area contributed by atoms with Gasteiger partial charge in [-0.05, 0) is 17.7 Å². The largest absolute Gasteiger partial charge is 0.326 e. The molecular weight excluding hydrogens is 335 g/mol. The minimum atomic E-state index is -2.43. The number of piperazine rings is 1. The number of anilines is 1. The van der Waals surface area contributed by atoms with E-state index in [0.717, 1.165) is 13.1 Å². The van der Waals surface area contributed by atoms with Crippen molar-refractivity contribution in [1.82, 2.24) is 10.2 Å². The highest BCUT2D eigenvalue weighted by Crippen LogP contribution is 2.28. The summed E-state index contributed by atoms with van der Waals surface area (Å²) < 4.78 is 26.7. The number of nitrogens with one attached hydrogen (secondary N) is 2. The van der Waals surface area contributed by atoms with E-state index in [-0.39, 0.29) is 30.7 Å². The van der Waals surface area contributed by atoms with Crippen LogP contribution in [0.5, 0.6) is 0 Å². The van der Waals surface area contributed by atoms with Gasteiger partial charge in [0, 0.05) is 38.8 Å². The van der Waals surface area contributed by atoms with Crippen molar-refractivity contribution in [3.8, 4) is 0 Å². The monoisotopic (exact) mass is 355 g/mol. The molecule has 0 unspecified atom stereocenters. The van der Waals surface area contributed by atoms with Crippen LogP contribution >= 0.6 is 24.8 Å². The van der Waals surface area contributed by atoms with Gasteiger partial charge in [0.05, 0.1) is 6.04 Å². The molecule has 1 fully saturated rings. The number of hydrogen-bond donors (Lipinski definition) is 2. The summed E-state index contributed by atoms with van der Waals surface area (Å²) >= 11 is 0. The maximum atomic E-state index is 13.3. The second kappa shape index (κ2) is 9.94. The summed E-state index contributed by atoms with van der Waals surface area (Å²) in [5, 5.41) is 5.79. The van der Waals surface area contributed by atoms with Crippen molar-refractivity contribution in [2.24, 2.45) is 0 Å². The van der Waals surface area contributed by atoms with Crippen LogP contribution < -0.4 is 10.6 Å². The van der Waals surface area contributed by atoms with Gasteiger partial charge >= 0.3 is 0 Å². The Kier molecular flexibility index (Phi) is 9.51.